The molecule has 1 fully saturated rings. The van der Waals surface area contributed by atoms with Crippen molar-refractivity contribution in [1.29, 1.82) is 0 Å². The van der Waals surface area contributed by atoms with Crippen LogP contribution in [0.1, 0.15) is 25.3 Å². The number of benzene rings is 1. The molecule has 0 saturated heterocycles. The van der Waals surface area contributed by atoms with Gasteiger partial charge in [-0.3, -0.25) is 0 Å². The third kappa shape index (κ3) is 2.49. The van der Waals surface area contributed by atoms with Crippen LogP contribution in [-0.2, 0) is 6.54 Å². The molecule has 1 N–H and O–H groups in total. The van der Waals surface area contributed by atoms with Crippen LogP contribution in [0.3, 0.4) is 0 Å². The molecule has 2 rings (SSSR count). The first kappa shape index (κ1) is 10.0. The zero-order valence-electron chi connectivity index (χ0n) is 8.52. The van der Waals surface area contributed by atoms with E-state index in [9.17, 15) is 0 Å². The molecule has 0 heterocycles. The summed E-state index contributed by atoms with van der Waals surface area (Å²) in [7, 11) is 0. The minimum absolute atomic E-state index is 0.571. The molecule has 1 saturated carbocycles. The van der Waals surface area contributed by atoms with E-state index in [2.05, 4.69) is 18.3 Å². The zero-order valence-corrected chi connectivity index (χ0v) is 9.27. The smallest absolute Gasteiger partial charge is 0.0450 e. The minimum atomic E-state index is 0.571. The molecule has 0 aliphatic heterocycles. The van der Waals surface area contributed by atoms with Crippen molar-refractivity contribution in [1.82, 2.24) is 5.32 Å². The van der Waals surface area contributed by atoms with Gasteiger partial charge in [0, 0.05) is 18.1 Å². The zero-order chi connectivity index (χ0) is 10.0. The van der Waals surface area contributed by atoms with Gasteiger partial charge in [-0.1, -0.05) is 36.7 Å². The number of hydrogen-bond donors (Lipinski definition) is 1. The van der Waals surface area contributed by atoms with Gasteiger partial charge in [0.25, 0.3) is 0 Å². The Morgan fingerprint density at radius 2 is 2.07 bits per heavy atom. The molecular weight excluding hydrogens is 194 g/mol. The van der Waals surface area contributed by atoms with Crippen LogP contribution in [0, 0.1) is 5.41 Å². The average Bonchev–Trinajstić information content (AvgIpc) is 2.88. The van der Waals surface area contributed by atoms with Crippen molar-refractivity contribution in [3.05, 3.63) is 34.9 Å². The van der Waals surface area contributed by atoms with Crippen LogP contribution < -0.4 is 5.32 Å². The summed E-state index contributed by atoms with van der Waals surface area (Å²) in [5.74, 6) is 0. The van der Waals surface area contributed by atoms with Crippen molar-refractivity contribution < 1.29 is 0 Å². The number of halogens is 1. The van der Waals surface area contributed by atoms with E-state index in [-0.39, 0.29) is 0 Å². The fourth-order valence-corrected chi connectivity index (χ4v) is 1.73. The van der Waals surface area contributed by atoms with Crippen molar-refractivity contribution in [2.24, 2.45) is 5.41 Å². The quantitative estimate of drug-likeness (QED) is 0.803. The topological polar surface area (TPSA) is 12.0 Å². The lowest BCUT2D eigenvalue weighted by molar-refractivity contribution is 0.499. The summed E-state index contributed by atoms with van der Waals surface area (Å²) in [5.41, 5.74) is 1.76. The predicted molar refractivity (Wildman–Crippen MR) is 60.5 cm³/mol. The van der Waals surface area contributed by atoms with E-state index in [0.29, 0.717) is 5.41 Å². The SMILES string of the molecule is CC1(CNCc2ccccc2Cl)CC1. The lowest BCUT2D eigenvalue weighted by Crippen LogP contribution is -2.21. The van der Waals surface area contributed by atoms with Gasteiger partial charge in [0.1, 0.15) is 0 Å². The maximum Gasteiger partial charge on any atom is 0.0450 e. The summed E-state index contributed by atoms with van der Waals surface area (Å²) in [6, 6.07) is 8.01. The number of hydrogen-bond acceptors (Lipinski definition) is 1. The first-order valence-corrected chi connectivity index (χ1v) is 5.52. The highest BCUT2D eigenvalue weighted by Gasteiger charge is 2.36. The Morgan fingerprint density at radius 1 is 1.36 bits per heavy atom. The largest absolute Gasteiger partial charge is 0.312 e. The third-order valence-electron chi connectivity index (χ3n) is 2.93. The molecule has 14 heavy (non-hydrogen) atoms. The Hall–Kier alpha value is -0.530. The van der Waals surface area contributed by atoms with Gasteiger partial charge in [0.2, 0.25) is 0 Å². The maximum atomic E-state index is 6.05. The minimum Gasteiger partial charge on any atom is -0.312 e. The Kier molecular flexibility index (Phi) is 2.80. The highest BCUT2D eigenvalue weighted by atomic mass is 35.5. The van der Waals surface area contributed by atoms with Gasteiger partial charge in [0.05, 0.1) is 0 Å². The fourth-order valence-electron chi connectivity index (χ4n) is 1.53. The van der Waals surface area contributed by atoms with Crippen LogP contribution in [0.2, 0.25) is 5.02 Å². The summed E-state index contributed by atoms with van der Waals surface area (Å²) in [6.07, 6.45) is 2.73. The second-order valence-electron chi connectivity index (χ2n) is 4.51. The van der Waals surface area contributed by atoms with E-state index in [0.717, 1.165) is 18.1 Å². The molecule has 0 atom stereocenters. The Morgan fingerprint density at radius 3 is 2.71 bits per heavy atom. The fraction of sp³-hybridized carbons (Fsp3) is 0.500. The molecule has 1 aliphatic carbocycles. The molecule has 0 radical (unpaired) electrons. The summed E-state index contributed by atoms with van der Waals surface area (Å²) in [4.78, 5) is 0. The van der Waals surface area contributed by atoms with Crippen LogP contribution in [-0.4, -0.2) is 6.54 Å². The van der Waals surface area contributed by atoms with Crippen molar-refractivity contribution in [2.75, 3.05) is 6.54 Å². The van der Waals surface area contributed by atoms with Crippen molar-refractivity contribution in [3.63, 3.8) is 0 Å². The molecule has 1 aliphatic rings. The molecule has 1 aromatic rings. The van der Waals surface area contributed by atoms with E-state index in [1.807, 2.05) is 18.2 Å². The van der Waals surface area contributed by atoms with Crippen LogP contribution in [0.15, 0.2) is 24.3 Å². The van der Waals surface area contributed by atoms with Crippen molar-refractivity contribution in [2.45, 2.75) is 26.3 Å². The summed E-state index contributed by atoms with van der Waals surface area (Å²) < 4.78 is 0. The van der Waals surface area contributed by atoms with E-state index < -0.39 is 0 Å². The third-order valence-corrected chi connectivity index (χ3v) is 3.30. The van der Waals surface area contributed by atoms with E-state index in [1.54, 1.807) is 0 Å². The lowest BCUT2D eigenvalue weighted by Gasteiger charge is -2.10. The van der Waals surface area contributed by atoms with Gasteiger partial charge in [-0.25, -0.2) is 0 Å². The van der Waals surface area contributed by atoms with E-state index in [1.165, 1.54) is 18.4 Å². The van der Waals surface area contributed by atoms with Gasteiger partial charge in [0.15, 0.2) is 0 Å². The van der Waals surface area contributed by atoms with Crippen LogP contribution in [0.25, 0.3) is 0 Å². The monoisotopic (exact) mass is 209 g/mol. The second-order valence-corrected chi connectivity index (χ2v) is 4.91. The number of nitrogens with one attached hydrogen (secondary N) is 1. The molecule has 1 nitrogen and oxygen atoms in total. The van der Waals surface area contributed by atoms with Gasteiger partial charge in [-0.05, 0) is 29.9 Å². The molecule has 0 amide bonds. The highest BCUT2D eigenvalue weighted by Crippen LogP contribution is 2.44. The molecule has 1 aromatic carbocycles. The normalized spacial score (nSPS) is 18.1. The predicted octanol–water partition coefficient (Wildman–Crippen LogP) is 3.23. The Balaban J connectivity index is 1.83. The summed E-state index contributed by atoms with van der Waals surface area (Å²) >= 11 is 6.05. The highest BCUT2D eigenvalue weighted by molar-refractivity contribution is 6.31. The van der Waals surface area contributed by atoms with E-state index in [4.69, 9.17) is 11.6 Å². The van der Waals surface area contributed by atoms with Crippen molar-refractivity contribution in [3.8, 4) is 0 Å². The number of rotatable bonds is 4. The van der Waals surface area contributed by atoms with Gasteiger partial charge in [-0.15, -0.1) is 0 Å². The molecule has 0 unspecified atom stereocenters. The van der Waals surface area contributed by atoms with Gasteiger partial charge >= 0.3 is 0 Å². The molecule has 76 valence electrons. The molecule has 2 heteroatoms. The lowest BCUT2D eigenvalue weighted by atomic mass is 10.1. The van der Waals surface area contributed by atoms with Crippen LogP contribution in [0.4, 0.5) is 0 Å². The second kappa shape index (κ2) is 3.92. The first-order chi connectivity index (χ1) is 6.70. The van der Waals surface area contributed by atoms with Crippen LogP contribution >= 0.6 is 11.6 Å². The van der Waals surface area contributed by atoms with Gasteiger partial charge in [-0.2, -0.15) is 0 Å². The maximum absolute atomic E-state index is 6.05. The average molecular weight is 210 g/mol. The van der Waals surface area contributed by atoms with Gasteiger partial charge < -0.3 is 5.32 Å². The first-order valence-electron chi connectivity index (χ1n) is 5.14. The summed E-state index contributed by atoms with van der Waals surface area (Å²) in [5, 5.41) is 4.32. The Labute approximate surface area is 90.5 Å². The molecular formula is C12H16ClN. The van der Waals surface area contributed by atoms with Crippen molar-refractivity contribution >= 4 is 11.6 Å². The standard InChI is InChI=1S/C12H16ClN/c1-12(6-7-12)9-14-8-10-4-2-3-5-11(10)13/h2-5,14H,6-9H2,1H3. The molecule has 0 spiro atoms. The van der Waals surface area contributed by atoms with E-state index >= 15 is 0 Å². The Bertz CT molecular complexity index is 318. The molecule has 0 bridgehead atoms. The van der Waals surface area contributed by atoms with Crippen LogP contribution in [0.5, 0.6) is 0 Å². The summed E-state index contributed by atoms with van der Waals surface area (Å²) in [6.45, 7) is 4.32. The molecule has 0 aromatic heterocycles.